The normalized spacial score (nSPS) is 29.4. The van der Waals surface area contributed by atoms with E-state index in [-0.39, 0.29) is 6.04 Å². The third kappa shape index (κ3) is 1.75. The number of nitrogens with two attached hydrogens (primary N) is 1. The van der Waals surface area contributed by atoms with Crippen LogP contribution in [0.2, 0.25) is 0 Å². The first-order chi connectivity index (χ1) is 6.70. The second kappa shape index (κ2) is 4.07. The van der Waals surface area contributed by atoms with Crippen molar-refractivity contribution < 1.29 is 4.42 Å². The van der Waals surface area contributed by atoms with Gasteiger partial charge in [0.05, 0.1) is 16.8 Å². The molecular formula is C11H16BrNO. The van der Waals surface area contributed by atoms with Crippen LogP contribution in [0.15, 0.2) is 21.2 Å². The molecule has 1 heterocycles. The Bertz CT molecular complexity index is 310. The zero-order valence-corrected chi connectivity index (χ0v) is 9.96. The lowest BCUT2D eigenvalue weighted by Gasteiger charge is -2.21. The SMILES string of the molecule is CC1CCCC1C(N)c1occc1Br. The molecule has 3 unspecified atom stereocenters. The highest BCUT2D eigenvalue weighted by Gasteiger charge is 2.31. The molecule has 1 aliphatic rings. The van der Waals surface area contributed by atoms with E-state index < -0.39 is 0 Å². The van der Waals surface area contributed by atoms with Crippen LogP contribution in [0.4, 0.5) is 0 Å². The van der Waals surface area contributed by atoms with E-state index in [1.54, 1.807) is 6.26 Å². The van der Waals surface area contributed by atoms with Crippen LogP contribution >= 0.6 is 15.9 Å². The van der Waals surface area contributed by atoms with Crippen LogP contribution in [-0.4, -0.2) is 0 Å². The van der Waals surface area contributed by atoms with Crippen LogP contribution in [0.3, 0.4) is 0 Å². The molecule has 1 aromatic rings. The maximum Gasteiger partial charge on any atom is 0.134 e. The Morgan fingerprint density at radius 2 is 2.36 bits per heavy atom. The predicted octanol–water partition coefficient (Wildman–Crippen LogP) is 3.48. The van der Waals surface area contributed by atoms with Crippen molar-refractivity contribution in [1.82, 2.24) is 0 Å². The molecule has 0 bridgehead atoms. The molecule has 2 rings (SSSR count). The average Bonchev–Trinajstić information content (AvgIpc) is 2.73. The third-order valence-corrected chi connectivity index (χ3v) is 3.99. The van der Waals surface area contributed by atoms with Gasteiger partial charge in [-0.3, -0.25) is 0 Å². The van der Waals surface area contributed by atoms with Gasteiger partial charge in [-0.05, 0) is 40.3 Å². The predicted molar refractivity (Wildman–Crippen MR) is 59.8 cm³/mol. The molecule has 0 radical (unpaired) electrons. The van der Waals surface area contributed by atoms with Crippen LogP contribution in [0.5, 0.6) is 0 Å². The summed E-state index contributed by atoms with van der Waals surface area (Å²) in [7, 11) is 0. The smallest absolute Gasteiger partial charge is 0.134 e. The molecule has 3 heteroatoms. The van der Waals surface area contributed by atoms with Gasteiger partial charge in [-0.2, -0.15) is 0 Å². The summed E-state index contributed by atoms with van der Waals surface area (Å²) in [5, 5.41) is 0. The second-order valence-corrected chi connectivity index (χ2v) is 5.08. The summed E-state index contributed by atoms with van der Waals surface area (Å²) in [6, 6.07) is 1.96. The Labute approximate surface area is 93.0 Å². The molecule has 14 heavy (non-hydrogen) atoms. The number of hydrogen-bond donors (Lipinski definition) is 1. The highest BCUT2D eigenvalue weighted by atomic mass is 79.9. The largest absolute Gasteiger partial charge is 0.466 e. The van der Waals surface area contributed by atoms with Crippen molar-refractivity contribution in [3.63, 3.8) is 0 Å². The van der Waals surface area contributed by atoms with E-state index in [0.29, 0.717) is 5.92 Å². The fourth-order valence-corrected chi connectivity index (χ4v) is 2.91. The van der Waals surface area contributed by atoms with Crippen LogP contribution in [-0.2, 0) is 0 Å². The summed E-state index contributed by atoms with van der Waals surface area (Å²) >= 11 is 3.46. The molecule has 0 aliphatic heterocycles. The van der Waals surface area contributed by atoms with Gasteiger partial charge in [0.15, 0.2) is 0 Å². The molecule has 1 saturated carbocycles. The van der Waals surface area contributed by atoms with Crippen LogP contribution in [0.25, 0.3) is 0 Å². The zero-order valence-electron chi connectivity index (χ0n) is 8.37. The van der Waals surface area contributed by atoms with Crippen LogP contribution in [0, 0.1) is 11.8 Å². The zero-order chi connectivity index (χ0) is 10.1. The van der Waals surface area contributed by atoms with Gasteiger partial charge in [0, 0.05) is 0 Å². The summed E-state index contributed by atoms with van der Waals surface area (Å²) in [5.41, 5.74) is 6.21. The van der Waals surface area contributed by atoms with Crippen molar-refractivity contribution in [3.8, 4) is 0 Å². The minimum atomic E-state index is 0.0527. The highest BCUT2D eigenvalue weighted by molar-refractivity contribution is 9.10. The van der Waals surface area contributed by atoms with E-state index in [4.69, 9.17) is 10.2 Å². The number of hydrogen-bond acceptors (Lipinski definition) is 2. The summed E-state index contributed by atoms with van der Waals surface area (Å²) < 4.78 is 6.42. The molecule has 0 amide bonds. The first kappa shape index (κ1) is 10.2. The molecule has 1 aromatic heterocycles. The Hall–Kier alpha value is -0.280. The number of furan rings is 1. The molecule has 0 aromatic carbocycles. The summed E-state index contributed by atoms with van der Waals surface area (Å²) in [5.74, 6) is 2.21. The van der Waals surface area contributed by atoms with Crippen molar-refractivity contribution in [1.29, 1.82) is 0 Å². The standard InChI is InChI=1S/C11H16BrNO/c1-7-3-2-4-8(7)10(13)11-9(12)5-6-14-11/h5-8,10H,2-4,13H2,1H3. The second-order valence-electron chi connectivity index (χ2n) is 4.23. The molecule has 2 nitrogen and oxygen atoms in total. The van der Waals surface area contributed by atoms with Gasteiger partial charge in [0.25, 0.3) is 0 Å². The molecule has 78 valence electrons. The Morgan fingerprint density at radius 3 is 2.86 bits per heavy atom. The van der Waals surface area contributed by atoms with Crippen molar-refractivity contribution >= 4 is 15.9 Å². The van der Waals surface area contributed by atoms with Gasteiger partial charge in [-0.25, -0.2) is 0 Å². The molecule has 3 atom stereocenters. The quantitative estimate of drug-likeness (QED) is 0.882. The number of rotatable bonds is 2. The molecule has 2 N–H and O–H groups in total. The molecule has 0 spiro atoms. The van der Waals surface area contributed by atoms with Crippen LogP contribution in [0.1, 0.15) is 38.0 Å². The fourth-order valence-electron chi connectivity index (χ4n) is 2.45. The van der Waals surface area contributed by atoms with Gasteiger partial charge in [0.2, 0.25) is 0 Å². The summed E-state index contributed by atoms with van der Waals surface area (Å²) in [6.07, 6.45) is 5.53. The van der Waals surface area contributed by atoms with Crippen molar-refractivity contribution in [2.24, 2.45) is 17.6 Å². The van der Waals surface area contributed by atoms with Gasteiger partial charge in [0.1, 0.15) is 5.76 Å². The maximum absolute atomic E-state index is 6.21. The Balaban J connectivity index is 2.15. The van der Waals surface area contributed by atoms with Crippen molar-refractivity contribution in [2.75, 3.05) is 0 Å². The van der Waals surface area contributed by atoms with E-state index in [1.165, 1.54) is 19.3 Å². The monoisotopic (exact) mass is 257 g/mol. The first-order valence-electron chi connectivity index (χ1n) is 5.18. The van der Waals surface area contributed by atoms with Gasteiger partial charge < -0.3 is 10.2 Å². The topological polar surface area (TPSA) is 39.2 Å². The molecule has 1 fully saturated rings. The first-order valence-corrected chi connectivity index (χ1v) is 5.98. The Kier molecular flexibility index (Phi) is 2.98. The lowest BCUT2D eigenvalue weighted by Crippen LogP contribution is -2.23. The van der Waals surface area contributed by atoms with E-state index in [1.807, 2.05) is 6.07 Å². The van der Waals surface area contributed by atoms with Gasteiger partial charge >= 0.3 is 0 Å². The van der Waals surface area contributed by atoms with Gasteiger partial charge in [-0.1, -0.05) is 19.8 Å². The molecule has 0 saturated heterocycles. The highest BCUT2D eigenvalue weighted by Crippen LogP contribution is 2.40. The average molecular weight is 258 g/mol. The lowest BCUT2D eigenvalue weighted by molar-refractivity contribution is 0.309. The van der Waals surface area contributed by atoms with E-state index >= 15 is 0 Å². The van der Waals surface area contributed by atoms with Gasteiger partial charge in [-0.15, -0.1) is 0 Å². The Morgan fingerprint density at radius 1 is 1.57 bits per heavy atom. The minimum absolute atomic E-state index is 0.0527. The number of halogens is 1. The van der Waals surface area contributed by atoms with E-state index in [0.717, 1.165) is 16.2 Å². The summed E-state index contributed by atoms with van der Waals surface area (Å²) in [4.78, 5) is 0. The van der Waals surface area contributed by atoms with E-state index in [2.05, 4.69) is 22.9 Å². The van der Waals surface area contributed by atoms with Crippen molar-refractivity contribution in [2.45, 2.75) is 32.2 Å². The van der Waals surface area contributed by atoms with Crippen molar-refractivity contribution in [3.05, 3.63) is 22.6 Å². The maximum atomic E-state index is 6.21. The minimum Gasteiger partial charge on any atom is -0.466 e. The summed E-state index contributed by atoms with van der Waals surface area (Å²) in [6.45, 7) is 2.29. The molecule has 1 aliphatic carbocycles. The van der Waals surface area contributed by atoms with E-state index in [9.17, 15) is 0 Å². The lowest BCUT2D eigenvalue weighted by atomic mass is 9.89. The van der Waals surface area contributed by atoms with Crippen LogP contribution < -0.4 is 5.73 Å². The fraction of sp³-hybridized carbons (Fsp3) is 0.636. The third-order valence-electron chi connectivity index (χ3n) is 3.34. The molecular weight excluding hydrogens is 242 g/mol.